The molecule has 1 N–H and O–H groups in total. The Morgan fingerprint density at radius 3 is 2.59 bits per heavy atom. The first-order valence-electron chi connectivity index (χ1n) is 9.55. The van der Waals surface area contributed by atoms with Gasteiger partial charge >= 0.3 is 0 Å². The summed E-state index contributed by atoms with van der Waals surface area (Å²) in [5.74, 6) is -0.670. The lowest BCUT2D eigenvalue weighted by Crippen LogP contribution is -2.50. The third-order valence-electron chi connectivity index (χ3n) is 5.04. The first kappa shape index (κ1) is 22.6. The summed E-state index contributed by atoms with van der Waals surface area (Å²) in [6.45, 7) is 2.45. The fourth-order valence-corrected chi connectivity index (χ4v) is 5.34. The van der Waals surface area contributed by atoms with Crippen molar-refractivity contribution in [2.45, 2.75) is 36.9 Å². The van der Waals surface area contributed by atoms with Crippen molar-refractivity contribution in [2.24, 2.45) is 0 Å². The molecule has 1 unspecified atom stereocenters. The Morgan fingerprint density at radius 1 is 1.10 bits per heavy atom. The van der Waals surface area contributed by atoms with E-state index in [-0.39, 0.29) is 24.2 Å². The highest BCUT2D eigenvalue weighted by Crippen LogP contribution is 2.32. The number of halogens is 1. The molecule has 2 aliphatic rings. The molecule has 160 valence electrons. The van der Waals surface area contributed by atoms with Crippen molar-refractivity contribution < 1.29 is 27.5 Å². The molecule has 0 bridgehead atoms. The van der Waals surface area contributed by atoms with E-state index in [9.17, 15) is 18.0 Å². The predicted molar refractivity (Wildman–Crippen MR) is 114 cm³/mol. The lowest BCUT2D eigenvalue weighted by Gasteiger charge is -2.29. The second-order valence-corrected chi connectivity index (χ2v) is 10.2. The molecule has 0 aromatic heterocycles. The summed E-state index contributed by atoms with van der Waals surface area (Å²) in [5, 5.41) is 2.37. The van der Waals surface area contributed by atoms with Gasteiger partial charge in [-0.15, -0.1) is 0 Å². The van der Waals surface area contributed by atoms with E-state index in [1.54, 1.807) is 12.1 Å². The smallest absolute Gasteiger partial charge is 0.243 e. The van der Waals surface area contributed by atoms with E-state index >= 15 is 0 Å². The molecule has 1 saturated heterocycles. The summed E-state index contributed by atoms with van der Waals surface area (Å²) in [6.07, 6.45) is 0.751. The number of piperidine rings is 1. The second kappa shape index (κ2) is 10.3. The highest BCUT2D eigenvalue weighted by molar-refractivity contribution is 14.1. The molecule has 29 heavy (non-hydrogen) atoms. The molecular weight excluding hydrogens is 511 g/mol. The Hall–Kier alpha value is -1.08. The fourth-order valence-electron chi connectivity index (χ4n) is 3.61. The summed E-state index contributed by atoms with van der Waals surface area (Å²) in [6, 6.07) is 4.83. The number of rotatable bonds is 10. The molecule has 2 amide bonds. The van der Waals surface area contributed by atoms with Gasteiger partial charge in [0.2, 0.25) is 11.8 Å². The van der Waals surface area contributed by atoms with Gasteiger partial charge < -0.3 is 9.47 Å². The van der Waals surface area contributed by atoms with Gasteiger partial charge in [0.1, 0.15) is 0 Å². The van der Waals surface area contributed by atoms with E-state index in [1.807, 2.05) is 11.0 Å². The van der Waals surface area contributed by atoms with Crippen LogP contribution in [-0.4, -0.2) is 67.8 Å². The average molecular weight is 536 g/mol. The zero-order valence-corrected chi connectivity index (χ0v) is 19.0. The number of carbonyl (C=O) groups is 2. The van der Waals surface area contributed by atoms with Crippen molar-refractivity contribution >= 4 is 44.2 Å². The van der Waals surface area contributed by atoms with Crippen molar-refractivity contribution in [3.63, 3.8) is 0 Å². The third-order valence-corrected chi connectivity index (χ3v) is 7.24. The molecule has 8 nitrogen and oxygen atoms in total. The molecule has 2 heterocycles. The molecule has 1 aromatic rings. The van der Waals surface area contributed by atoms with Crippen molar-refractivity contribution in [1.82, 2.24) is 10.2 Å². The van der Waals surface area contributed by atoms with Gasteiger partial charge in [-0.1, -0.05) is 34.7 Å². The number of imide groups is 1. The minimum Gasteiger partial charge on any atom is -0.378 e. The van der Waals surface area contributed by atoms with Gasteiger partial charge in [-0.2, -0.15) is 0 Å². The minimum absolute atomic E-state index is 0.103. The SMILES string of the molecule is O=C1CCC(N2Cc3cccc(S(=O)(=O)CCOCCOCCI)c3C2)C(=O)N1. The van der Waals surface area contributed by atoms with Crippen LogP contribution in [0, 0.1) is 0 Å². The summed E-state index contributed by atoms with van der Waals surface area (Å²) in [5.41, 5.74) is 1.64. The number of benzene rings is 1. The van der Waals surface area contributed by atoms with Gasteiger partial charge in [-0.05, 0) is 23.6 Å². The molecule has 3 rings (SSSR count). The lowest BCUT2D eigenvalue weighted by molar-refractivity contribution is -0.137. The molecular formula is C19H25IN2O6S. The van der Waals surface area contributed by atoms with E-state index in [4.69, 9.17) is 9.47 Å². The number of hydrogen-bond donors (Lipinski definition) is 1. The Balaban J connectivity index is 1.61. The van der Waals surface area contributed by atoms with E-state index in [1.165, 1.54) is 0 Å². The summed E-state index contributed by atoms with van der Waals surface area (Å²) < 4.78 is 37.3. The highest BCUT2D eigenvalue weighted by Gasteiger charge is 2.36. The molecule has 10 heteroatoms. The van der Waals surface area contributed by atoms with Crippen LogP contribution in [0.2, 0.25) is 0 Å². The van der Waals surface area contributed by atoms with Crippen LogP contribution in [0.15, 0.2) is 23.1 Å². The number of amides is 2. The first-order valence-corrected chi connectivity index (χ1v) is 12.7. The van der Waals surface area contributed by atoms with Crippen molar-refractivity contribution in [1.29, 1.82) is 0 Å². The molecule has 2 aliphatic heterocycles. The molecule has 0 aliphatic carbocycles. The van der Waals surface area contributed by atoms with Gasteiger partial charge in [-0.3, -0.25) is 19.8 Å². The van der Waals surface area contributed by atoms with Crippen LogP contribution >= 0.6 is 22.6 Å². The van der Waals surface area contributed by atoms with Gasteiger partial charge in [-0.25, -0.2) is 8.42 Å². The van der Waals surface area contributed by atoms with E-state index in [0.29, 0.717) is 50.6 Å². The zero-order valence-electron chi connectivity index (χ0n) is 16.1. The molecule has 1 aromatic carbocycles. The van der Waals surface area contributed by atoms with Gasteiger partial charge in [0, 0.05) is 23.9 Å². The number of hydrogen-bond acceptors (Lipinski definition) is 7. The summed E-state index contributed by atoms with van der Waals surface area (Å²) in [7, 11) is -3.51. The quantitative estimate of drug-likeness (QED) is 0.207. The number of alkyl halides is 1. The number of carbonyl (C=O) groups excluding carboxylic acids is 2. The Labute approximate surface area is 184 Å². The lowest BCUT2D eigenvalue weighted by atomic mass is 10.0. The van der Waals surface area contributed by atoms with Crippen LogP contribution in [0.5, 0.6) is 0 Å². The zero-order chi connectivity index (χ0) is 20.9. The first-order chi connectivity index (χ1) is 13.9. The number of nitrogens with one attached hydrogen (secondary N) is 1. The molecule has 1 fully saturated rings. The maximum atomic E-state index is 12.9. The van der Waals surface area contributed by atoms with Crippen LogP contribution in [0.4, 0.5) is 0 Å². The van der Waals surface area contributed by atoms with Crippen molar-refractivity contribution in [2.75, 3.05) is 36.6 Å². The third kappa shape index (κ3) is 5.75. The average Bonchev–Trinajstić information content (AvgIpc) is 3.11. The number of sulfone groups is 1. The topological polar surface area (TPSA) is 102 Å². The maximum Gasteiger partial charge on any atom is 0.243 e. The molecule has 0 saturated carbocycles. The van der Waals surface area contributed by atoms with Crippen LogP contribution < -0.4 is 5.32 Å². The van der Waals surface area contributed by atoms with E-state index in [2.05, 4.69) is 27.9 Å². The van der Waals surface area contributed by atoms with Crippen molar-refractivity contribution in [3.05, 3.63) is 29.3 Å². The standard InChI is InChI=1S/C19H25IN2O6S/c20-6-7-27-8-9-28-10-11-29(25,26)17-3-1-2-14-12-22(13-15(14)17)16-4-5-18(23)21-19(16)24/h1-3,16H,4-13H2,(H,21,23,24). The molecule has 0 radical (unpaired) electrons. The molecule has 1 atom stereocenters. The summed E-state index contributed by atoms with van der Waals surface area (Å²) in [4.78, 5) is 25.8. The van der Waals surface area contributed by atoms with E-state index < -0.39 is 15.9 Å². The number of ether oxygens (including phenoxy) is 2. The van der Waals surface area contributed by atoms with Crippen LogP contribution in [0.3, 0.4) is 0 Å². The van der Waals surface area contributed by atoms with Crippen LogP contribution in [0.25, 0.3) is 0 Å². The van der Waals surface area contributed by atoms with Gasteiger partial charge in [0.15, 0.2) is 9.84 Å². The second-order valence-electron chi connectivity index (χ2n) is 7.00. The maximum absolute atomic E-state index is 12.9. The number of fused-ring (bicyclic) bond motifs is 1. The van der Waals surface area contributed by atoms with Gasteiger partial charge in [0.25, 0.3) is 0 Å². The largest absolute Gasteiger partial charge is 0.378 e. The number of nitrogens with zero attached hydrogens (tertiary/aromatic N) is 1. The Morgan fingerprint density at radius 2 is 1.86 bits per heavy atom. The fraction of sp³-hybridized carbons (Fsp3) is 0.579. The van der Waals surface area contributed by atoms with Crippen LogP contribution in [0.1, 0.15) is 24.0 Å². The van der Waals surface area contributed by atoms with Crippen molar-refractivity contribution in [3.8, 4) is 0 Å². The normalized spacial score (nSPS) is 20.0. The monoisotopic (exact) mass is 536 g/mol. The Kier molecular flexibility index (Phi) is 8.02. The highest BCUT2D eigenvalue weighted by atomic mass is 127. The Bertz CT molecular complexity index is 860. The minimum atomic E-state index is -3.51. The van der Waals surface area contributed by atoms with Gasteiger partial charge in [0.05, 0.1) is 43.1 Å². The predicted octanol–water partition coefficient (Wildman–Crippen LogP) is 1.05. The summed E-state index contributed by atoms with van der Waals surface area (Å²) >= 11 is 2.22. The van der Waals surface area contributed by atoms with E-state index in [0.717, 1.165) is 15.6 Å². The molecule has 0 spiro atoms. The van der Waals surface area contributed by atoms with Crippen LogP contribution in [-0.2, 0) is 42.0 Å².